The average molecular weight is 372 g/mol. The summed E-state index contributed by atoms with van der Waals surface area (Å²) in [6, 6.07) is 11.8. The fraction of sp³-hybridized carbons (Fsp3) is 0.368. The average Bonchev–Trinajstić information content (AvgIpc) is 3.34. The minimum Gasteiger partial charge on any atom is -0.370 e. The minimum atomic E-state index is -0.333. The predicted octanol–water partition coefficient (Wildman–Crippen LogP) is 2.51. The van der Waals surface area contributed by atoms with Crippen molar-refractivity contribution in [1.29, 1.82) is 0 Å². The number of carbonyl (C=O) groups excluding carboxylic acids is 1. The lowest BCUT2D eigenvalue weighted by molar-refractivity contribution is -0.124. The summed E-state index contributed by atoms with van der Waals surface area (Å²) in [7, 11) is 0. The first-order chi connectivity index (χ1) is 12.7. The van der Waals surface area contributed by atoms with Crippen LogP contribution in [0.5, 0.6) is 0 Å². The Kier molecular flexibility index (Phi) is 6.62. The number of anilines is 1. The van der Waals surface area contributed by atoms with Crippen molar-refractivity contribution < 1.29 is 9.53 Å². The Morgan fingerprint density at radius 1 is 1.35 bits per heavy atom. The number of carbonyl (C=O) groups is 1. The molecule has 1 unspecified atom stereocenters. The second-order valence-electron chi connectivity index (χ2n) is 6.15. The van der Waals surface area contributed by atoms with E-state index in [1.807, 2.05) is 30.3 Å². The quantitative estimate of drug-likeness (QED) is 0.515. The summed E-state index contributed by atoms with van der Waals surface area (Å²) < 4.78 is 5.40. The number of aliphatic imine (C=N–C) groups is 1. The van der Waals surface area contributed by atoms with Crippen molar-refractivity contribution >= 4 is 28.9 Å². The highest BCUT2D eigenvalue weighted by Crippen LogP contribution is 2.16. The molecule has 6 nitrogen and oxygen atoms in total. The molecule has 1 aromatic heterocycles. The van der Waals surface area contributed by atoms with Crippen LogP contribution in [0.4, 0.5) is 5.69 Å². The number of thiophene rings is 1. The van der Waals surface area contributed by atoms with Gasteiger partial charge < -0.3 is 21.1 Å². The van der Waals surface area contributed by atoms with Crippen molar-refractivity contribution in [2.24, 2.45) is 10.7 Å². The normalized spacial score (nSPS) is 17.2. The Bertz CT molecular complexity index is 740. The molecule has 1 amide bonds. The number of guanidine groups is 1. The van der Waals surface area contributed by atoms with Crippen LogP contribution in [0, 0.1) is 0 Å². The molecule has 138 valence electrons. The summed E-state index contributed by atoms with van der Waals surface area (Å²) >= 11 is 1.74. The number of hydrogen-bond acceptors (Lipinski definition) is 4. The lowest BCUT2D eigenvalue weighted by Crippen LogP contribution is -2.33. The second-order valence-corrected chi connectivity index (χ2v) is 7.18. The summed E-state index contributed by atoms with van der Waals surface area (Å²) in [5.74, 6) is 0.341. The topological polar surface area (TPSA) is 88.7 Å². The van der Waals surface area contributed by atoms with Gasteiger partial charge in [0.25, 0.3) is 5.91 Å². The maximum Gasteiger partial charge on any atom is 0.253 e. The lowest BCUT2D eigenvalue weighted by atomic mass is 10.2. The summed E-state index contributed by atoms with van der Waals surface area (Å²) in [6.45, 7) is 1.88. The molecule has 0 saturated carbocycles. The van der Waals surface area contributed by atoms with Crippen molar-refractivity contribution in [3.8, 4) is 0 Å². The van der Waals surface area contributed by atoms with Crippen LogP contribution in [0.2, 0.25) is 0 Å². The lowest BCUT2D eigenvalue weighted by Gasteiger charge is -2.11. The van der Waals surface area contributed by atoms with Gasteiger partial charge in [0.2, 0.25) is 0 Å². The van der Waals surface area contributed by atoms with Crippen molar-refractivity contribution in [2.45, 2.75) is 31.9 Å². The zero-order valence-corrected chi connectivity index (χ0v) is 15.4. The highest BCUT2D eigenvalue weighted by Gasteiger charge is 2.23. The molecule has 4 N–H and O–H groups in total. The van der Waals surface area contributed by atoms with Gasteiger partial charge in [-0.15, -0.1) is 11.3 Å². The summed E-state index contributed by atoms with van der Waals surface area (Å²) in [5, 5.41) is 8.09. The largest absolute Gasteiger partial charge is 0.370 e. The Morgan fingerprint density at radius 2 is 2.27 bits per heavy atom. The van der Waals surface area contributed by atoms with Crippen LogP contribution < -0.4 is 16.4 Å². The summed E-state index contributed by atoms with van der Waals surface area (Å²) in [4.78, 5) is 17.8. The second kappa shape index (κ2) is 9.35. The molecule has 1 aliphatic heterocycles. The molecule has 0 bridgehead atoms. The third-order valence-electron chi connectivity index (χ3n) is 4.11. The molecule has 2 heterocycles. The van der Waals surface area contributed by atoms with E-state index in [1.165, 1.54) is 4.88 Å². The van der Waals surface area contributed by atoms with Crippen LogP contribution in [-0.2, 0) is 22.5 Å². The standard InChI is InChI=1S/C19H24N4O2S/c20-19(21-9-8-16-6-3-11-26-16)22-13-14-4-1-5-15(12-14)23-18(24)17-7-2-10-25-17/h1,3-6,11-12,17H,2,7-10,13H2,(H,23,24)(H3,20,21,22). The molecule has 3 rings (SSSR count). The molecule has 2 aromatic rings. The first-order valence-electron chi connectivity index (χ1n) is 8.78. The Morgan fingerprint density at radius 3 is 3.04 bits per heavy atom. The first kappa shape index (κ1) is 18.4. The number of hydrogen-bond donors (Lipinski definition) is 3. The fourth-order valence-electron chi connectivity index (χ4n) is 2.76. The van der Waals surface area contributed by atoms with Gasteiger partial charge in [0.05, 0.1) is 6.54 Å². The van der Waals surface area contributed by atoms with Crippen LogP contribution in [0.15, 0.2) is 46.8 Å². The van der Waals surface area contributed by atoms with Gasteiger partial charge in [0.15, 0.2) is 5.96 Å². The number of ether oxygens (including phenoxy) is 1. The maximum absolute atomic E-state index is 12.1. The molecule has 1 fully saturated rings. The Balaban J connectivity index is 1.47. The molecule has 26 heavy (non-hydrogen) atoms. The number of benzene rings is 1. The molecule has 1 aliphatic rings. The van der Waals surface area contributed by atoms with Gasteiger partial charge in [-0.1, -0.05) is 18.2 Å². The molecular weight excluding hydrogens is 348 g/mol. The number of nitrogens with one attached hydrogen (secondary N) is 2. The molecule has 0 radical (unpaired) electrons. The number of rotatable bonds is 7. The van der Waals surface area contributed by atoms with Gasteiger partial charge in [-0.2, -0.15) is 0 Å². The van der Waals surface area contributed by atoms with E-state index in [0.29, 0.717) is 19.1 Å². The third kappa shape index (κ3) is 5.57. The van der Waals surface area contributed by atoms with E-state index in [-0.39, 0.29) is 12.0 Å². The van der Waals surface area contributed by atoms with Crippen molar-refractivity contribution in [2.75, 3.05) is 18.5 Å². The van der Waals surface area contributed by atoms with Crippen molar-refractivity contribution in [1.82, 2.24) is 5.32 Å². The smallest absolute Gasteiger partial charge is 0.253 e. The van der Waals surface area contributed by atoms with Gasteiger partial charge in [-0.3, -0.25) is 4.79 Å². The van der Waals surface area contributed by atoms with Crippen molar-refractivity contribution in [3.63, 3.8) is 0 Å². The monoisotopic (exact) mass is 372 g/mol. The minimum absolute atomic E-state index is 0.0853. The van der Waals surface area contributed by atoms with Gasteiger partial charge in [-0.05, 0) is 48.4 Å². The fourth-order valence-corrected chi connectivity index (χ4v) is 3.46. The van der Waals surface area contributed by atoms with Crippen LogP contribution >= 0.6 is 11.3 Å². The van der Waals surface area contributed by atoms with Crippen molar-refractivity contribution in [3.05, 3.63) is 52.2 Å². The highest BCUT2D eigenvalue weighted by atomic mass is 32.1. The number of amides is 1. The van der Waals surface area contributed by atoms with E-state index >= 15 is 0 Å². The van der Waals surface area contributed by atoms with E-state index in [0.717, 1.165) is 37.1 Å². The van der Waals surface area contributed by atoms with E-state index in [2.05, 4.69) is 27.1 Å². The first-order valence-corrected chi connectivity index (χ1v) is 9.66. The molecule has 7 heteroatoms. The van der Waals surface area contributed by atoms with Crippen LogP contribution in [-0.4, -0.2) is 31.1 Å². The molecule has 0 spiro atoms. The third-order valence-corrected chi connectivity index (χ3v) is 5.04. The van der Waals surface area contributed by atoms with Crippen LogP contribution in [0.3, 0.4) is 0 Å². The van der Waals surface area contributed by atoms with E-state index < -0.39 is 0 Å². The zero-order valence-electron chi connectivity index (χ0n) is 14.6. The van der Waals surface area contributed by atoms with E-state index in [1.54, 1.807) is 11.3 Å². The number of nitrogens with two attached hydrogens (primary N) is 1. The van der Waals surface area contributed by atoms with Crippen LogP contribution in [0.25, 0.3) is 0 Å². The molecule has 1 aromatic carbocycles. The predicted molar refractivity (Wildman–Crippen MR) is 105 cm³/mol. The Hall–Kier alpha value is -2.38. The molecule has 1 atom stereocenters. The SMILES string of the molecule is NC(=NCc1cccc(NC(=O)C2CCCO2)c1)NCCc1cccs1. The van der Waals surface area contributed by atoms with Gasteiger partial charge >= 0.3 is 0 Å². The molecule has 1 saturated heterocycles. The van der Waals surface area contributed by atoms with E-state index in [9.17, 15) is 4.79 Å². The van der Waals surface area contributed by atoms with Gasteiger partial charge in [0.1, 0.15) is 6.10 Å². The van der Waals surface area contributed by atoms with E-state index in [4.69, 9.17) is 10.5 Å². The number of nitrogens with zero attached hydrogens (tertiary/aromatic N) is 1. The van der Waals surface area contributed by atoms with Gasteiger partial charge in [-0.25, -0.2) is 4.99 Å². The summed E-state index contributed by atoms with van der Waals surface area (Å²) in [5.41, 5.74) is 7.66. The molecule has 0 aliphatic carbocycles. The highest BCUT2D eigenvalue weighted by molar-refractivity contribution is 7.09. The maximum atomic E-state index is 12.1. The zero-order chi connectivity index (χ0) is 18.2. The van der Waals surface area contributed by atoms with Crippen LogP contribution in [0.1, 0.15) is 23.3 Å². The summed E-state index contributed by atoms with van der Waals surface area (Å²) in [6.07, 6.45) is 2.31. The Labute approximate surface area is 157 Å². The molecular formula is C19H24N4O2S. The van der Waals surface area contributed by atoms with Gasteiger partial charge in [0, 0.05) is 23.7 Å².